The number of hydrogen-bond donors (Lipinski definition) is 0. The first kappa shape index (κ1) is 19.4. The van der Waals surface area contributed by atoms with E-state index in [4.69, 9.17) is 0 Å². The van der Waals surface area contributed by atoms with Gasteiger partial charge in [0.15, 0.2) is 0 Å². The molecule has 1 aliphatic heterocycles. The van der Waals surface area contributed by atoms with Crippen LogP contribution in [0.25, 0.3) is 0 Å². The molecular weight excluding hydrogens is 370 g/mol. The molecule has 0 aliphatic carbocycles. The minimum atomic E-state index is -3.20. The summed E-state index contributed by atoms with van der Waals surface area (Å²) in [6, 6.07) is 3.54. The summed E-state index contributed by atoms with van der Waals surface area (Å²) >= 11 is 0. The average molecular weight is 393 g/mol. The maximum absolute atomic E-state index is 12.6. The van der Waals surface area contributed by atoms with Crippen molar-refractivity contribution in [2.75, 3.05) is 26.4 Å². The van der Waals surface area contributed by atoms with Crippen LogP contribution in [-0.4, -0.2) is 65.2 Å². The molecule has 3 heterocycles. The van der Waals surface area contributed by atoms with E-state index in [2.05, 4.69) is 19.9 Å². The van der Waals surface area contributed by atoms with E-state index in [-0.39, 0.29) is 11.8 Å². The third-order valence-corrected chi connectivity index (χ3v) is 6.05. The van der Waals surface area contributed by atoms with E-state index in [1.54, 1.807) is 32.3 Å². The number of nitrogens with zero attached hydrogens (tertiary/aromatic N) is 5. The number of rotatable bonds is 5. The van der Waals surface area contributed by atoms with Gasteiger partial charge in [-0.1, -0.05) is 10.3 Å². The number of aryl methyl sites for hydroxylation is 1. The topological polar surface area (TPSA) is 110 Å². The van der Waals surface area contributed by atoms with Crippen molar-refractivity contribution < 1.29 is 17.8 Å². The third-order valence-electron chi connectivity index (χ3n) is 4.78. The van der Waals surface area contributed by atoms with E-state index in [0.717, 1.165) is 18.5 Å². The number of piperidine rings is 1. The highest BCUT2D eigenvalue weighted by molar-refractivity contribution is 7.88. The summed E-state index contributed by atoms with van der Waals surface area (Å²) in [5.74, 6) is -0.142. The Kier molecular flexibility index (Phi) is 5.56. The summed E-state index contributed by atoms with van der Waals surface area (Å²) in [5.41, 5.74) is 2.53. The predicted octanol–water partition coefficient (Wildman–Crippen LogP) is 1.18. The molecule has 3 rings (SSSR count). The van der Waals surface area contributed by atoms with Crippen LogP contribution in [0, 0.1) is 6.92 Å². The first-order valence-electron chi connectivity index (χ1n) is 8.70. The van der Waals surface area contributed by atoms with E-state index in [9.17, 15) is 13.2 Å². The van der Waals surface area contributed by atoms with Gasteiger partial charge in [-0.25, -0.2) is 17.4 Å². The van der Waals surface area contributed by atoms with Crippen LogP contribution in [0.15, 0.2) is 23.0 Å². The first-order chi connectivity index (χ1) is 12.8. The molecule has 2 aromatic rings. The maximum Gasteiger partial charge on any atom is 0.255 e. The normalized spacial score (nSPS) is 18.4. The molecule has 0 aromatic carbocycles. The smallest absolute Gasteiger partial charge is 0.255 e. The Bertz CT molecular complexity index is 910. The second-order valence-electron chi connectivity index (χ2n) is 6.89. The molecule has 2 aromatic heterocycles. The van der Waals surface area contributed by atoms with Crippen LogP contribution in [0.3, 0.4) is 0 Å². The zero-order valence-corrected chi connectivity index (χ0v) is 16.4. The quantitative estimate of drug-likeness (QED) is 0.750. The van der Waals surface area contributed by atoms with Crippen molar-refractivity contribution in [3.63, 3.8) is 0 Å². The summed E-state index contributed by atoms with van der Waals surface area (Å²) < 4.78 is 29.7. The first-order valence-corrected chi connectivity index (χ1v) is 10.5. The van der Waals surface area contributed by atoms with E-state index >= 15 is 0 Å². The van der Waals surface area contributed by atoms with Crippen LogP contribution >= 0.6 is 0 Å². The van der Waals surface area contributed by atoms with Gasteiger partial charge in [0.1, 0.15) is 11.4 Å². The summed E-state index contributed by atoms with van der Waals surface area (Å²) in [6.07, 6.45) is 4.45. The zero-order valence-electron chi connectivity index (χ0n) is 15.6. The van der Waals surface area contributed by atoms with Crippen molar-refractivity contribution in [1.29, 1.82) is 0 Å². The Morgan fingerprint density at radius 2 is 2.15 bits per heavy atom. The summed E-state index contributed by atoms with van der Waals surface area (Å²) in [4.78, 5) is 18.5. The van der Waals surface area contributed by atoms with E-state index in [1.807, 2.05) is 0 Å². The molecule has 0 spiro atoms. The Hall–Kier alpha value is -2.33. The summed E-state index contributed by atoms with van der Waals surface area (Å²) in [5, 5.41) is 7.49. The van der Waals surface area contributed by atoms with Crippen molar-refractivity contribution in [3.05, 3.63) is 41.0 Å². The van der Waals surface area contributed by atoms with Crippen LogP contribution in [0.1, 0.15) is 46.2 Å². The second-order valence-corrected chi connectivity index (χ2v) is 8.87. The lowest BCUT2D eigenvalue weighted by Crippen LogP contribution is -2.38. The van der Waals surface area contributed by atoms with E-state index in [1.165, 1.54) is 15.5 Å². The molecule has 1 fully saturated rings. The van der Waals surface area contributed by atoms with Gasteiger partial charge < -0.3 is 4.90 Å². The van der Waals surface area contributed by atoms with E-state index < -0.39 is 10.0 Å². The van der Waals surface area contributed by atoms with Crippen molar-refractivity contribution in [2.45, 2.75) is 32.2 Å². The van der Waals surface area contributed by atoms with Gasteiger partial charge in [-0.05, 0) is 31.9 Å². The van der Waals surface area contributed by atoms with Crippen molar-refractivity contribution in [1.82, 2.24) is 24.5 Å². The fraction of sp³-hybridized carbons (Fsp3) is 0.529. The fourth-order valence-corrected chi connectivity index (χ4v) is 4.08. The Labute approximate surface area is 158 Å². The summed E-state index contributed by atoms with van der Waals surface area (Å²) in [6.45, 7) is 3.04. The standard InChI is InChI=1S/C17H23N5O4S/c1-12-16(20-26-19-12)11-21(2)17(23)13-6-7-15(18-9-13)14-5-4-8-22(10-14)27(3,24)25/h6-7,9,14H,4-5,8,10-11H2,1-3H3. The molecule has 1 aliphatic rings. The SMILES string of the molecule is Cc1nonc1CN(C)C(=O)c1ccc(C2CCCN(S(C)(=O)=O)C2)nc1. The lowest BCUT2D eigenvalue weighted by molar-refractivity contribution is 0.0781. The van der Waals surface area contributed by atoms with E-state index in [0.29, 0.717) is 36.6 Å². The molecule has 0 N–H and O–H groups in total. The highest BCUT2D eigenvalue weighted by Crippen LogP contribution is 2.27. The van der Waals surface area contributed by atoms with Gasteiger partial charge in [-0.2, -0.15) is 0 Å². The molecule has 1 atom stereocenters. The molecule has 27 heavy (non-hydrogen) atoms. The second kappa shape index (κ2) is 7.73. The lowest BCUT2D eigenvalue weighted by atomic mass is 9.95. The van der Waals surface area contributed by atoms with Gasteiger partial charge in [0, 0.05) is 37.9 Å². The van der Waals surface area contributed by atoms with Crippen LogP contribution in [-0.2, 0) is 16.6 Å². The third kappa shape index (κ3) is 4.51. The number of pyridine rings is 1. The predicted molar refractivity (Wildman–Crippen MR) is 97.5 cm³/mol. The number of hydrogen-bond acceptors (Lipinski definition) is 7. The minimum absolute atomic E-state index is 0.0409. The number of carbonyl (C=O) groups excluding carboxylic acids is 1. The number of sulfonamides is 1. The number of amides is 1. The molecule has 1 unspecified atom stereocenters. The van der Waals surface area contributed by atoms with Crippen molar-refractivity contribution >= 4 is 15.9 Å². The van der Waals surface area contributed by atoms with Crippen LogP contribution in [0.5, 0.6) is 0 Å². The van der Waals surface area contributed by atoms with Crippen molar-refractivity contribution in [2.24, 2.45) is 0 Å². The molecule has 9 nitrogen and oxygen atoms in total. The van der Waals surface area contributed by atoms with Gasteiger partial charge in [-0.15, -0.1) is 0 Å². The van der Waals surface area contributed by atoms with Crippen LogP contribution in [0.4, 0.5) is 0 Å². The highest BCUT2D eigenvalue weighted by atomic mass is 32.2. The Morgan fingerprint density at radius 1 is 1.37 bits per heavy atom. The molecule has 0 radical (unpaired) electrons. The maximum atomic E-state index is 12.6. The Morgan fingerprint density at radius 3 is 2.74 bits per heavy atom. The summed E-state index contributed by atoms with van der Waals surface area (Å²) in [7, 11) is -1.53. The molecule has 10 heteroatoms. The lowest BCUT2D eigenvalue weighted by Gasteiger charge is -2.30. The number of carbonyl (C=O) groups is 1. The minimum Gasteiger partial charge on any atom is -0.336 e. The van der Waals surface area contributed by atoms with Crippen LogP contribution in [0.2, 0.25) is 0 Å². The largest absolute Gasteiger partial charge is 0.336 e. The molecular formula is C17H23N5O4S. The van der Waals surface area contributed by atoms with Crippen molar-refractivity contribution in [3.8, 4) is 0 Å². The van der Waals surface area contributed by atoms with Gasteiger partial charge in [-0.3, -0.25) is 9.78 Å². The van der Waals surface area contributed by atoms with Gasteiger partial charge in [0.2, 0.25) is 10.0 Å². The van der Waals surface area contributed by atoms with Crippen LogP contribution < -0.4 is 0 Å². The molecule has 0 bridgehead atoms. The van der Waals surface area contributed by atoms with Gasteiger partial charge in [0.25, 0.3) is 5.91 Å². The Balaban J connectivity index is 1.67. The van der Waals surface area contributed by atoms with Gasteiger partial charge >= 0.3 is 0 Å². The number of aromatic nitrogens is 3. The zero-order chi connectivity index (χ0) is 19.6. The highest BCUT2D eigenvalue weighted by Gasteiger charge is 2.27. The fourth-order valence-electron chi connectivity index (χ4n) is 3.17. The van der Waals surface area contributed by atoms with Gasteiger partial charge in [0.05, 0.1) is 18.4 Å². The molecule has 146 valence electrons. The molecule has 1 amide bonds. The molecule has 0 saturated carbocycles. The monoisotopic (exact) mass is 393 g/mol. The molecule has 1 saturated heterocycles. The average Bonchev–Trinajstić information content (AvgIpc) is 3.05.